The monoisotopic (exact) mass is 180 g/mol. The summed E-state index contributed by atoms with van der Waals surface area (Å²) >= 11 is 0. The van der Waals surface area contributed by atoms with Crippen LogP contribution in [0.1, 0.15) is 11.6 Å². The standard InChI is InChI=1S/C8H8N2O3/c9-3-5(10)4-1-2-6(11)8(13)7(4)12/h1-2,5,11-13H,10H2. The van der Waals surface area contributed by atoms with Gasteiger partial charge in [-0.25, -0.2) is 0 Å². The van der Waals surface area contributed by atoms with E-state index >= 15 is 0 Å². The molecule has 0 aromatic heterocycles. The van der Waals surface area contributed by atoms with Crippen molar-refractivity contribution in [3.8, 4) is 23.3 Å². The molecule has 0 radical (unpaired) electrons. The van der Waals surface area contributed by atoms with Crippen molar-refractivity contribution in [3.05, 3.63) is 17.7 Å². The molecule has 1 atom stereocenters. The maximum atomic E-state index is 9.24. The number of aromatic hydroxyl groups is 3. The summed E-state index contributed by atoms with van der Waals surface area (Å²) in [5.41, 5.74) is 5.38. The summed E-state index contributed by atoms with van der Waals surface area (Å²) < 4.78 is 0. The highest BCUT2D eigenvalue weighted by atomic mass is 16.3. The molecule has 68 valence electrons. The van der Waals surface area contributed by atoms with Gasteiger partial charge in [-0.1, -0.05) is 0 Å². The molecule has 0 saturated carbocycles. The number of phenolic OH excluding ortho intramolecular Hbond substituents is 3. The van der Waals surface area contributed by atoms with E-state index in [2.05, 4.69) is 0 Å². The second kappa shape index (κ2) is 3.21. The lowest BCUT2D eigenvalue weighted by Gasteiger charge is -2.08. The van der Waals surface area contributed by atoms with E-state index in [1.54, 1.807) is 6.07 Å². The smallest absolute Gasteiger partial charge is 0.200 e. The van der Waals surface area contributed by atoms with Crippen molar-refractivity contribution < 1.29 is 15.3 Å². The summed E-state index contributed by atoms with van der Waals surface area (Å²) in [5, 5.41) is 35.7. The summed E-state index contributed by atoms with van der Waals surface area (Å²) in [6, 6.07) is 3.10. The Morgan fingerprint density at radius 1 is 1.23 bits per heavy atom. The van der Waals surface area contributed by atoms with E-state index in [0.717, 1.165) is 6.07 Å². The predicted molar refractivity (Wildman–Crippen MR) is 44.0 cm³/mol. The van der Waals surface area contributed by atoms with E-state index in [4.69, 9.17) is 21.2 Å². The van der Waals surface area contributed by atoms with Crippen LogP contribution in [-0.4, -0.2) is 15.3 Å². The van der Waals surface area contributed by atoms with E-state index in [0.29, 0.717) is 0 Å². The van der Waals surface area contributed by atoms with Gasteiger partial charge in [-0.15, -0.1) is 0 Å². The number of nitrogens with two attached hydrogens (primary N) is 1. The van der Waals surface area contributed by atoms with Gasteiger partial charge in [0.15, 0.2) is 11.5 Å². The molecule has 1 aromatic rings. The van der Waals surface area contributed by atoms with Crippen LogP contribution in [0.25, 0.3) is 0 Å². The van der Waals surface area contributed by atoms with Crippen molar-refractivity contribution in [1.82, 2.24) is 0 Å². The highest BCUT2D eigenvalue weighted by Crippen LogP contribution is 2.38. The second-order valence-electron chi connectivity index (χ2n) is 2.48. The molecule has 1 unspecified atom stereocenters. The lowest BCUT2D eigenvalue weighted by atomic mass is 10.1. The SMILES string of the molecule is N#CC(N)c1ccc(O)c(O)c1O. The van der Waals surface area contributed by atoms with Crippen LogP contribution in [0.5, 0.6) is 17.2 Å². The van der Waals surface area contributed by atoms with Crippen LogP contribution in [0.2, 0.25) is 0 Å². The van der Waals surface area contributed by atoms with Gasteiger partial charge >= 0.3 is 0 Å². The first kappa shape index (κ1) is 9.16. The second-order valence-corrected chi connectivity index (χ2v) is 2.48. The molecule has 1 aromatic carbocycles. The molecule has 0 bridgehead atoms. The molecule has 1 rings (SSSR count). The van der Waals surface area contributed by atoms with Crippen LogP contribution in [0.15, 0.2) is 12.1 Å². The Balaban J connectivity index is 3.28. The fourth-order valence-corrected chi connectivity index (χ4v) is 0.905. The van der Waals surface area contributed by atoms with Crippen molar-refractivity contribution in [2.24, 2.45) is 5.73 Å². The first-order valence-corrected chi connectivity index (χ1v) is 3.47. The van der Waals surface area contributed by atoms with Crippen molar-refractivity contribution in [2.45, 2.75) is 6.04 Å². The first-order valence-electron chi connectivity index (χ1n) is 3.47. The summed E-state index contributed by atoms with van der Waals surface area (Å²) in [6.45, 7) is 0. The Morgan fingerprint density at radius 3 is 2.38 bits per heavy atom. The van der Waals surface area contributed by atoms with E-state index in [-0.39, 0.29) is 5.56 Å². The Bertz CT molecular complexity index is 370. The molecular weight excluding hydrogens is 172 g/mol. The Labute approximate surface area is 74.3 Å². The molecular formula is C8H8N2O3. The van der Waals surface area contributed by atoms with Gasteiger partial charge in [0.05, 0.1) is 6.07 Å². The van der Waals surface area contributed by atoms with Crippen molar-refractivity contribution in [2.75, 3.05) is 0 Å². The van der Waals surface area contributed by atoms with Gasteiger partial charge in [0.1, 0.15) is 6.04 Å². The molecule has 0 aliphatic rings. The molecule has 0 saturated heterocycles. The van der Waals surface area contributed by atoms with E-state index in [1.807, 2.05) is 0 Å². The molecule has 0 heterocycles. The number of hydrogen-bond donors (Lipinski definition) is 4. The number of nitrogens with zero attached hydrogens (tertiary/aromatic N) is 1. The largest absolute Gasteiger partial charge is 0.504 e. The zero-order valence-electron chi connectivity index (χ0n) is 6.60. The summed E-state index contributed by atoms with van der Waals surface area (Å²) in [6.07, 6.45) is 0. The molecule has 13 heavy (non-hydrogen) atoms. The van der Waals surface area contributed by atoms with Crippen LogP contribution in [0.3, 0.4) is 0 Å². The van der Waals surface area contributed by atoms with Crippen LogP contribution in [-0.2, 0) is 0 Å². The Kier molecular flexibility index (Phi) is 2.26. The quantitative estimate of drug-likeness (QED) is 0.465. The first-order chi connectivity index (χ1) is 6.07. The van der Waals surface area contributed by atoms with E-state index in [1.165, 1.54) is 6.07 Å². The van der Waals surface area contributed by atoms with Crippen LogP contribution >= 0.6 is 0 Å². The molecule has 5 heteroatoms. The topological polar surface area (TPSA) is 111 Å². The molecule has 0 amide bonds. The van der Waals surface area contributed by atoms with E-state index < -0.39 is 23.3 Å². The number of rotatable bonds is 1. The summed E-state index contributed by atoms with van der Waals surface area (Å²) in [5.74, 6) is -1.68. The molecule has 0 fully saturated rings. The van der Waals surface area contributed by atoms with Gasteiger partial charge in [-0.3, -0.25) is 0 Å². The number of hydrogen-bond acceptors (Lipinski definition) is 5. The molecule has 0 aliphatic carbocycles. The molecule has 5 nitrogen and oxygen atoms in total. The van der Waals surface area contributed by atoms with Crippen molar-refractivity contribution in [1.29, 1.82) is 5.26 Å². The zero-order valence-corrected chi connectivity index (χ0v) is 6.60. The highest BCUT2D eigenvalue weighted by Gasteiger charge is 2.15. The number of phenols is 3. The minimum absolute atomic E-state index is 0.0813. The Hall–Kier alpha value is -1.93. The number of benzene rings is 1. The van der Waals surface area contributed by atoms with Crippen molar-refractivity contribution in [3.63, 3.8) is 0 Å². The van der Waals surface area contributed by atoms with E-state index in [9.17, 15) is 5.11 Å². The fourth-order valence-electron chi connectivity index (χ4n) is 0.905. The lowest BCUT2D eigenvalue weighted by molar-refractivity contribution is 0.364. The third-order valence-electron chi connectivity index (χ3n) is 1.64. The third kappa shape index (κ3) is 1.48. The maximum Gasteiger partial charge on any atom is 0.200 e. The lowest BCUT2D eigenvalue weighted by Crippen LogP contribution is -2.07. The average Bonchev–Trinajstić information content (AvgIpc) is 2.13. The minimum Gasteiger partial charge on any atom is -0.504 e. The Morgan fingerprint density at radius 2 is 1.85 bits per heavy atom. The van der Waals surface area contributed by atoms with Gasteiger partial charge < -0.3 is 21.1 Å². The zero-order chi connectivity index (χ0) is 10.0. The normalized spacial score (nSPS) is 12.0. The van der Waals surface area contributed by atoms with Gasteiger partial charge in [0.2, 0.25) is 5.75 Å². The van der Waals surface area contributed by atoms with Gasteiger partial charge in [-0.05, 0) is 12.1 Å². The fraction of sp³-hybridized carbons (Fsp3) is 0.125. The van der Waals surface area contributed by atoms with Crippen LogP contribution in [0.4, 0.5) is 0 Å². The molecule has 0 aliphatic heterocycles. The third-order valence-corrected chi connectivity index (χ3v) is 1.64. The van der Waals surface area contributed by atoms with Gasteiger partial charge in [-0.2, -0.15) is 5.26 Å². The minimum atomic E-state index is -1.02. The summed E-state index contributed by atoms with van der Waals surface area (Å²) in [4.78, 5) is 0. The summed E-state index contributed by atoms with van der Waals surface area (Å²) in [7, 11) is 0. The highest BCUT2D eigenvalue weighted by molar-refractivity contribution is 5.54. The molecule has 5 N–H and O–H groups in total. The van der Waals surface area contributed by atoms with Gasteiger partial charge in [0, 0.05) is 5.56 Å². The van der Waals surface area contributed by atoms with Crippen LogP contribution < -0.4 is 5.73 Å². The predicted octanol–water partition coefficient (Wildman–Crippen LogP) is 0.327. The van der Waals surface area contributed by atoms with Crippen LogP contribution in [0, 0.1) is 11.3 Å². The van der Waals surface area contributed by atoms with Gasteiger partial charge in [0.25, 0.3) is 0 Å². The average molecular weight is 180 g/mol. The van der Waals surface area contributed by atoms with Crippen molar-refractivity contribution >= 4 is 0 Å². The molecule has 0 spiro atoms. The maximum absolute atomic E-state index is 9.24. The number of nitriles is 1.